The van der Waals surface area contributed by atoms with E-state index in [4.69, 9.17) is 14.5 Å². The van der Waals surface area contributed by atoms with Crippen LogP contribution in [0.3, 0.4) is 0 Å². The van der Waals surface area contributed by atoms with Gasteiger partial charge < -0.3 is 9.47 Å². The van der Waals surface area contributed by atoms with Gasteiger partial charge in [-0.05, 0) is 51.8 Å². The second-order valence-electron chi connectivity index (χ2n) is 7.01. The van der Waals surface area contributed by atoms with Gasteiger partial charge in [-0.3, -0.25) is 0 Å². The minimum absolute atomic E-state index is 0.326. The van der Waals surface area contributed by atoms with Crippen molar-refractivity contribution < 1.29 is 9.47 Å². The van der Waals surface area contributed by atoms with Crippen LogP contribution in [0.4, 0.5) is 0 Å². The smallest absolute Gasteiger partial charge is 0.270 e. The molecule has 2 heterocycles. The Kier molecular flexibility index (Phi) is 4.83. The van der Waals surface area contributed by atoms with Crippen LogP contribution in [0.1, 0.15) is 40.0 Å². The van der Waals surface area contributed by atoms with Crippen LogP contribution in [-0.2, 0) is 9.47 Å². The van der Waals surface area contributed by atoms with Crippen LogP contribution in [-0.4, -0.2) is 27.9 Å². The number of hydrogen-bond acceptors (Lipinski definition) is 4. The molecule has 0 spiro atoms. The maximum absolute atomic E-state index is 6.16. The molecule has 5 nitrogen and oxygen atoms in total. The lowest BCUT2D eigenvalue weighted by Crippen LogP contribution is -2.44. The SMILES string of the molecule is CC(C)(C)OC1(/N=c2/ccn(-c3ccccc3)nc2)CCCCO1. The van der Waals surface area contributed by atoms with E-state index in [1.165, 1.54) is 0 Å². The van der Waals surface area contributed by atoms with Crippen LogP contribution in [0.15, 0.2) is 53.8 Å². The van der Waals surface area contributed by atoms with E-state index in [2.05, 4.69) is 5.10 Å². The van der Waals surface area contributed by atoms with E-state index in [1.54, 1.807) is 6.20 Å². The second-order valence-corrected chi connectivity index (χ2v) is 7.01. The predicted octanol–water partition coefficient (Wildman–Crippen LogP) is 3.44. The summed E-state index contributed by atoms with van der Waals surface area (Å²) >= 11 is 0. The normalized spacial score (nSPS) is 22.5. The highest BCUT2D eigenvalue weighted by Gasteiger charge is 2.37. The van der Waals surface area contributed by atoms with Crippen LogP contribution in [0.25, 0.3) is 5.69 Å². The molecule has 0 aliphatic carbocycles. The summed E-state index contributed by atoms with van der Waals surface area (Å²) in [6, 6.07) is 11.9. The largest absolute Gasteiger partial charge is 0.331 e. The van der Waals surface area contributed by atoms with Crippen molar-refractivity contribution in [1.82, 2.24) is 9.78 Å². The molecule has 1 fully saturated rings. The first kappa shape index (κ1) is 16.9. The van der Waals surface area contributed by atoms with Gasteiger partial charge >= 0.3 is 0 Å². The average Bonchev–Trinajstić information content (AvgIpc) is 2.55. The lowest BCUT2D eigenvalue weighted by atomic mass is 10.1. The molecule has 1 saturated heterocycles. The van der Waals surface area contributed by atoms with Gasteiger partial charge in [0.05, 0.1) is 29.4 Å². The van der Waals surface area contributed by atoms with Gasteiger partial charge in [-0.2, -0.15) is 5.10 Å². The van der Waals surface area contributed by atoms with Crippen molar-refractivity contribution in [3.05, 3.63) is 54.1 Å². The third kappa shape index (κ3) is 4.30. The fraction of sp³-hybridized carbons (Fsp3) is 0.474. The summed E-state index contributed by atoms with van der Waals surface area (Å²) in [6.45, 7) is 6.74. The quantitative estimate of drug-likeness (QED) is 0.867. The number of rotatable bonds is 3. The van der Waals surface area contributed by atoms with Crippen molar-refractivity contribution in [2.75, 3.05) is 6.61 Å². The van der Waals surface area contributed by atoms with Gasteiger partial charge in [0.15, 0.2) is 0 Å². The highest BCUT2D eigenvalue weighted by atomic mass is 16.7. The molecule has 128 valence electrons. The van der Waals surface area contributed by atoms with Gasteiger partial charge in [0, 0.05) is 12.6 Å². The lowest BCUT2D eigenvalue weighted by Gasteiger charge is -2.38. The summed E-state index contributed by atoms with van der Waals surface area (Å²) in [5, 5.41) is 5.21. The average molecular weight is 327 g/mol. The maximum Gasteiger partial charge on any atom is 0.270 e. The standard InChI is InChI=1S/C19H25N3O2/c1-18(2,3)24-19(12-7-8-14-23-19)21-16-11-13-22(20-15-16)17-9-5-4-6-10-17/h4-6,9-11,13,15H,7-8,12,14H2,1-3H3/b21-16-. The third-order valence-corrected chi connectivity index (χ3v) is 3.70. The minimum atomic E-state index is -0.906. The summed E-state index contributed by atoms with van der Waals surface area (Å²) in [5.41, 5.74) is 0.686. The minimum Gasteiger partial charge on any atom is -0.331 e. The van der Waals surface area contributed by atoms with Gasteiger partial charge in [0.1, 0.15) is 0 Å². The predicted molar refractivity (Wildman–Crippen MR) is 92.5 cm³/mol. The Bertz CT molecular complexity index is 706. The van der Waals surface area contributed by atoms with E-state index in [9.17, 15) is 0 Å². The van der Waals surface area contributed by atoms with Crippen LogP contribution in [0.2, 0.25) is 0 Å². The van der Waals surface area contributed by atoms with Crippen molar-refractivity contribution >= 4 is 0 Å². The summed E-state index contributed by atoms with van der Waals surface area (Å²) in [7, 11) is 0. The monoisotopic (exact) mass is 327 g/mol. The molecular formula is C19H25N3O2. The second kappa shape index (κ2) is 6.87. The molecule has 24 heavy (non-hydrogen) atoms. The number of aromatic nitrogens is 2. The van der Waals surface area contributed by atoms with Gasteiger partial charge in [0.25, 0.3) is 5.91 Å². The Morgan fingerprint density at radius 2 is 1.96 bits per heavy atom. The van der Waals surface area contributed by atoms with Gasteiger partial charge in [-0.15, -0.1) is 0 Å². The molecule has 1 aliphatic rings. The summed E-state index contributed by atoms with van der Waals surface area (Å²) in [4.78, 5) is 4.75. The molecule has 0 amide bonds. The third-order valence-electron chi connectivity index (χ3n) is 3.70. The molecular weight excluding hydrogens is 302 g/mol. The van der Waals surface area contributed by atoms with Crippen molar-refractivity contribution in [1.29, 1.82) is 0 Å². The molecule has 5 heteroatoms. The Hall–Kier alpha value is -1.98. The topological polar surface area (TPSA) is 48.6 Å². The highest BCUT2D eigenvalue weighted by molar-refractivity contribution is 5.29. The molecule has 1 unspecified atom stereocenters. The van der Waals surface area contributed by atoms with Crippen molar-refractivity contribution in [2.45, 2.75) is 51.5 Å². The first-order valence-corrected chi connectivity index (χ1v) is 8.46. The number of benzene rings is 1. The Morgan fingerprint density at radius 3 is 2.54 bits per heavy atom. The molecule has 1 aliphatic heterocycles. The zero-order valence-electron chi connectivity index (χ0n) is 14.6. The molecule has 2 aromatic rings. The van der Waals surface area contributed by atoms with Crippen molar-refractivity contribution in [3.63, 3.8) is 0 Å². The zero-order valence-corrected chi connectivity index (χ0v) is 14.6. The van der Waals surface area contributed by atoms with E-state index in [-0.39, 0.29) is 5.60 Å². The number of nitrogens with zero attached hydrogens (tertiary/aromatic N) is 3. The molecule has 0 saturated carbocycles. The first-order chi connectivity index (χ1) is 11.5. The maximum atomic E-state index is 6.16. The molecule has 0 radical (unpaired) electrons. The van der Waals surface area contributed by atoms with Crippen molar-refractivity contribution in [2.24, 2.45) is 4.99 Å². The number of hydrogen-bond donors (Lipinski definition) is 0. The fourth-order valence-corrected chi connectivity index (χ4v) is 2.77. The molecule has 3 rings (SSSR count). The van der Waals surface area contributed by atoms with E-state index in [0.717, 1.165) is 30.3 Å². The molecule has 0 N–H and O–H groups in total. The van der Waals surface area contributed by atoms with Crippen LogP contribution < -0.4 is 5.36 Å². The zero-order chi connectivity index (χ0) is 17.0. The van der Waals surface area contributed by atoms with Gasteiger partial charge in [-0.25, -0.2) is 9.67 Å². The molecule has 0 bridgehead atoms. The summed E-state index contributed by atoms with van der Waals surface area (Å²) in [5.74, 6) is -0.906. The highest BCUT2D eigenvalue weighted by Crippen LogP contribution is 2.31. The first-order valence-electron chi connectivity index (χ1n) is 8.46. The molecule has 1 aromatic carbocycles. The Balaban J connectivity index is 1.90. The lowest BCUT2D eigenvalue weighted by molar-refractivity contribution is -0.290. The van der Waals surface area contributed by atoms with E-state index in [1.807, 2.05) is 68.0 Å². The van der Waals surface area contributed by atoms with Crippen LogP contribution in [0.5, 0.6) is 0 Å². The van der Waals surface area contributed by atoms with E-state index >= 15 is 0 Å². The molecule has 1 atom stereocenters. The van der Waals surface area contributed by atoms with E-state index in [0.29, 0.717) is 6.61 Å². The number of para-hydroxylation sites is 1. The van der Waals surface area contributed by atoms with Crippen LogP contribution >= 0.6 is 0 Å². The fourth-order valence-electron chi connectivity index (χ4n) is 2.77. The molecule has 1 aromatic heterocycles. The van der Waals surface area contributed by atoms with E-state index < -0.39 is 5.91 Å². The van der Waals surface area contributed by atoms with Crippen LogP contribution in [0, 0.1) is 0 Å². The van der Waals surface area contributed by atoms with Gasteiger partial charge in [-0.1, -0.05) is 18.2 Å². The number of ether oxygens (including phenoxy) is 2. The summed E-state index contributed by atoms with van der Waals surface area (Å²) in [6.07, 6.45) is 6.51. The van der Waals surface area contributed by atoms with Crippen molar-refractivity contribution in [3.8, 4) is 5.69 Å². The Morgan fingerprint density at radius 1 is 1.17 bits per heavy atom. The Labute approximate surface area is 143 Å². The summed E-state index contributed by atoms with van der Waals surface area (Å²) < 4.78 is 13.9. The van der Waals surface area contributed by atoms with Gasteiger partial charge in [0.2, 0.25) is 0 Å².